The van der Waals surface area contributed by atoms with Crippen LogP contribution in [0, 0.1) is 10.7 Å². The van der Waals surface area contributed by atoms with Crippen LogP contribution in [0.4, 0.5) is 0 Å². The van der Waals surface area contributed by atoms with Gasteiger partial charge in [-0.1, -0.05) is 36.4 Å². The molecule has 1 fully saturated rings. The van der Waals surface area contributed by atoms with Crippen molar-refractivity contribution < 1.29 is 4.79 Å². The number of benzene rings is 1. The van der Waals surface area contributed by atoms with Crippen LogP contribution < -0.4 is 5.32 Å². The highest BCUT2D eigenvalue weighted by Gasteiger charge is 2.33. The Hall–Kier alpha value is -2.25. The maximum absolute atomic E-state index is 12.7. The van der Waals surface area contributed by atoms with Gasteiger partial charge in [0.15, 0.2) is 10.6 Å². The van der Waals surface area contributed by atoms with Gasteiger partial charge in [0.1, 0.15) is 6.54 Å². The lowest BCUT2D eigenvalue weighted by molar-refractivity contribution is -0.122. The third kappa shape index (κ3) is 3.57. The SMILES string of the molecule is O=C(Cn1c(-c2cccs2)n[nH]c1=S)NC(c1ccccc1)C1CC1. The van der Waals surface area contributed by atoms with E-state index in [2.05, 4.69) is 27.6 Å². The third-order valence-corrected chi connectivity index (χ3v) is 5.55. The fourth-order valence-electron chi connectivity index (χ4n) is 2.98. The first-order valence-electron chi connectivity index (χ1n) is 8.26. The Balaban J connectivity index is 1.53. The second-order valence-electron chi connectivity index (χ2n) is 6.21. The van der Waals surface area contributed by atoms with Crippen molar-refractivity contribution in [2.75, 3.05) is 0 Å². The van der Waals surface area contributed by atoms with Gasteiger partial charge in [0.05, 0.1) is 10.9 Å². The van der Waals surface area contributed by atoms with Crippen LogP contribution in [0.5, 0.6) is 0 Å². The summed E-state index contributed by atoms with van der Waals surface area (Å²) in [4.78, 5) is 13.7. The molecule has 0 radical (unpaired) electrons. The van der Waals surface area contributed by atoms with Crippen LogP contribution >= 0.6 is 23.6 Å². The summed E-state index contributed by atoms with van der Waals surface area (Å²) in [6.07, 6.45) is 2.32. The summed E-state index contributed by atoms with van der Waals surface area (Å²) in [5.74, 6) is 1.19. The van der Waals surface area contributed by atoms with E-state index in [9.17, 15) is 4.79 Å². The molecule has 7 heteroatoms. The molecule has 1 aliphatic carbocycles. The minimum atomic E-state index is -0.0453. The maximum Gasteiger partial charge on any atom is 0.240 e. The molecule has 0 bridgehead atoms. The van der Waals surface area contributed by atoms with Gasteiger partial charge in [0.25, 0.3) is 0 Å². The predicted octanol–water partition coefficient (Wildman–Crippen LogP) is 3.94. The van der Waals surface area contributed by atoms with E-state index in [1.54, 1.807) is 15.9 Å². The highest BCUT2D eigenvalue weighted by atomic mass is 32.1. The Morgan fingerprint density at radius 3 is 2.80 bits per heavy atom. The second-order valence-corrected chi connectivity index (χ2v) is 7.54. The quantitative estimate of drug-likeness (QED) is 0.646. The van der Waals surface area contributed by atoms with Gasteiger partial charge in [-0.15, -0.1) is 11.3 Å². The van der Waals surface area contributed by atoms with Crippen molar-refractivity contribution in [1.29, 1.82) is 0 Å². The van der Waals surface area contributed by atoms with Gasteiger partial charge < -0.3 is 5.32 Å². The monoisotopic (exact) mass is 370 g/mol. The number of amides is 1. The maximum atomic E-state index is 12.7. The number of aromatic nitrogens is 3. The molecule has 1 amide bonds. The van der Waals surface area contributed by atoms with Crippen molar-refractivity contribution in [2.45, 2.75) is 25.4 Å². The molecule has 0 saturated heterocycles. The van der Waals surface area contributed by atoms with Gasteiger partial charge in [0.2, 0.25) is 5.91 Å². The minimum Gasteiger partial charge on any atom is -0.347 e. The van der Waals surface area contributed by atoms with Crippen molar-refractivity contribution in [3.8, 4) is 10.7 Å². The molecule has 4 rings (SSSR count). The Morgan fingerprint density at radius 1 is 1.32 bits per heavy atom. The molecule has 1 atom stereocenters. The number of carbonyl (C=O) groups is 1. The smallest absolute Gasteiger partial charge is 0.240 e. The second kappa shape index (κ2) is 6.93. The first-order chi connectivity index (χ1) is 12.2. The number of rotatable bonds is 6. The Bertz CT molecular complexity index is 910. The molecule has 25 heavy (non-hydrogen) atoms. The lowest BCUT2D eigenvalue weighted by Gasteiger charge is -2.19. The molecule has 0 aliphatic heterocycles. The van der Waals surface area contributed by atoms with E-state index in [1.165, 1.54) is 0 Å². The molecule has 2 heterocycles. The first-order valence-corrected chi connectivity index (χ1v) is 9.54. The van der Waals surface area contributed by atoms with Crippen molar-refractivity contribution in [1.82, 2.24) is 20.1 Å². The van der Waals surface area contributed by atoms with Crippen molar-refractivity contribution in [2.24, 2.45) is 5.92 Å². The van der Waals surface area contributed by atoms with Gasteiger partial charge in [-0.3, -0.25) is 14.5 Å². The van der Waals surface area contributed by atoms with Crippen LogP contribution in [0.3, 0.4) is 0 Å². The number of aromatic amines is 1. The van der Waals surface area contributed by atoms with Gasteiger partial charge >= 0.3 is 0 Å². The van der Waals surface area contributed by atoms with E-state index in [0.29, 0.717) is 16.5 Å². The molecule has 2 N–H and O–H groups in total. The van der Waals surface area contributed by atoms with Crippen LogP contribution in [0.2, 0.25) is 0 Å². The molecule has 1 saturated carbocycles. The van der Waals surface area contributed by atoms with Crippen molar-refractivity contribution in [3.05, 3.63) is 58.2 Å². The zero-order valence-corrected chi connectivity index (χ0v) is 15.1. The Labute approximate surface area is 154 Å². The fraction of sp³-hybridized carbons (Fsp3) is 0.278. The molecule has 0 spiro atoms. The topological polar surface area (TPSA) is 62.7 Å². The van der Waals surface area contributed by atoms with Gasteiger partial charge in [0, 0.05) is 0 Å². The largest absolute Gasteiger partial charge is 0.347 e. The van der Waals surface area contributed by atoms with E-state index < -0.39 is 0 Å². The van der Waals surface area contributed by atoms with Crippen molar-refractivity contribution >= 4 is 29.5 Å². The summed E-state index contributed by atoms with van der Waals surface area (Å²) in [5.41, 5.74) is 1.16. The van der Waals surface area contributed by atoms with Crippen LogP contribution in [0.1, 0.15) is 24.4 Å². The molecule has 1 unspecified atom stereocenters. The standard InChI is InChI=1S/C18H18N4OS2/c23-15(19-16(13-8-9-13)12-5-2-1-3-6-12)11-22-17(20-21-18(22)24)14-7-4-10-25-14/h1-7,10,13,16H,8-9,11H2,(H,19,23)(H,21,24). The van der Waals surface area contributed by atoms with Gasteiger partial charge in [-0.2, -0.15) is 5.10 Å². The first kappa shape index (κ1) is 16.2. The lowest BCUT2D eigenvalue weighted by Crippen LogP contribution is -2.32. The zero-order chi connectivity index (χ0) is 17.2. The average molecular weight is 371 g/mol. The number of nitrogens with one attached hydrogen (secondary N) is 2. The minimum absolute atomic E-state index is 0.0453. The summed E-state index contributed by atoms with van der Waals surface area (Å²) < 4.78 is 2.21. The molecule has 1 aromatic carbocycles. The van der Waals surface area contributed by atoms with Crippen LogP contribution in [0.15, 0.2) is 47.8 Å². The van der Waals surface area contributed by atoms with Crippen LogP contribution in [0.25, 0.3) is 10.7 Å². The summed E-state index contributed by atoms with van der Waals surface area (Å²) in [7, 11) is 0. The van der Waals surface area contributed by atoms with Gasteiger partial charge in [-0.25, -0.2) is 0 Å². The van der Waals surface area contributed by atoms with E-state index in [4.69, 9.17) is 12.2 Å². The number of nitrogens with zero attached hydrogens (tertiary/aromatic N) is 2. The number of thiophene rings is 1. The number of carbonyl (C=O) groups excluding carboxylic acids is 1. The summed E-state index contributed by atoms with van der Waals surface area (Å²) in [5, 5.41) is 12.2. The molecule has 3 aromatic rings. The van der Waals surface area contributed by atoms with Gasteiger partial charge in [-0.05, 0) is 48.0 Å². The Morgan fingerprint density at radius 2 is 2.12 bits per heavy atom. The van der Waals surface area contributed by atoms with E-state index >= 15 is 0 Å². The number of H-pyrrole nitrogens is 1. The summed E-state index contributed by atoms with van der Waals surface area (Å²) in [6, 6.07) is 14.2. The van der Waals surface area contributed by atoms with E-state index in [-0.39, 0.29) is 18.5 Å². The average Bonchev–Trinajstić information content (AvgIpc) is 3.20. The van der Waals surface area contributed by atoms with E-state index in [1.807, 2.05) is 35.7 Å². The van der Waals surface area contributed by atoms with Crippen molar-refractivity contribution in [3.63, 3.8) is 0 Å². The highest BCUT2D eigenvalue weighted by Crippen LogP contribution is 2.40. The van der Waals surface area contributed by atoms with E-state index in [0.717, 1.165) is 23.3 Å². The molecule has 2 aromatic heterocycles. The fourth-order valence-corrected chi connectivity index (χ4v) is 3.90. The predicted molar refractivity (Wildman–Crippen MR) is 101 cm³/mol. The molecule has 5 nitrogen and oxygen atoms in total. The highest BCUT2D eigenvalue weighted by molar-refractivity contribution is 7.71. The summed E-state index contributed by atoms with van der Waals surface area (Å²) in [6.45, 7) is 0.165. The van der Waals surface area contributed by atoms with Crippen LogP contribution in [-0.4, -0.2) is 20.7 Å². The Kier molecular flexibility index (Phi) is 4.50. The molecular weight excluding hydrogens is 352 g/mol. The molecular formula is C18H18N4OS2. The summed E-state index contributed by atoms with van der Waals surface area (Å²) >= 11 is 6.88. The number of hydrogen-bond acceptors (Lipinski definition) is 4. The third-order valence-electron chi connectivity index (χ3n) is 4.37. The normalized spacial score (nSPS) is 15.0. The van der Waals surface area contributed by atoms with Crippen LogP contribution in [-0.2, 0) is 11.3 Å². The molecule has 128 valence electrons. The number of hydrogen-bond donors (Lipinski definition) is 2. The lowest BCUT2D eigenvalue weighted by atomic mass is 10.0. The zero-order valence-electron chi connectivity index (χ0n) is 13.5. The molecule has 1 aliphatic rings.